The number of hydrogen-bond donors (Lipinski definition) is 2. The number of anilines is 2. The summed E-state index contributed by atoms with van der Waals surface area (Å²) in [7, 11) is 0. The Balaban J connectivity index is 1.47. The quantitative estimate of drug-likeness (QED) is 0.698. The highest BCUT2D eigenvalue weighted by molar-refractivity contribution is 6.02. The van der Waals surface area contributed by atoms with Crippen molar-refractivity contribution < 1.29 is 19.1 Å². The molecule has 0 spiro atoms. The topological polar surface area (TPSA) is 94.5 Å². The van der Waals surface area contributed by atoms with E-state index in [4.69, 9.17) is 9.47 Å². The minimum Gasteiger partial charge on any atom is -0.454 e. The maximum atomic E-state index is 13.1. The van der Waals surface area contributed by atoms with Gasteiger partial charge in [0.2, 0.25) is 18.6 Å². The molecule has 8 nitrogen and oxygen atoms in total. The van der Waals surface area contributed by atoms with E-state index in [9.17, 15) is 9.59 Å². The van der Waals surface area contributed by atoms with Gasteiger partial charge in [-0.15, -0.1) is 0 Å². The highest BCUT2D eigenvalue weighted by Gasteiger charge is 2.34. The van der Waals surface area contributed by atoms with Crippen LogP contribution in [0.5, 0.6) is 11.5 Å². The number of nitrogens with one attached hydrogen (secondary N) is 2. The molecule has 2 aromatic carbocycles. The molecule has 0 radical (unpaired) electrons. The Morgan fingerprint density at radius 2 is 1.90 bits per heavy atom. The van der Waals surface area contributed by atoms with Crippen LogP contribution in [0.3, 0.4) is 0 Å². The van der Waals surface area contributed by atoms with Crippen LogP contribution in [0.1, 0.15) is 23.6 Å². The lowest BCUT2D eigenvalue weighted by molar-refractivity contribution is -0.125. The molecule has 0 aliphatic carbocycles. The van der Waals surface area contributed by atoms with Gasteiger partial charge in [-0.25, -0.2) is 4.68 Å². The third kappa shape index (κ3) is 3.06. The molecule has 0 fully saturated rings. The van der Waals surface area contributed by atoms with E-state index < -0.39 is 6.04 Å². The fourth-order valence-electron chi connectivity index (χ4n) is 3.73. The van der Waals surface area contributed by atoms with Crippen LogP contribution in [-0.2, 0) is 9.59 Å². The first-order valence-corrected chi connectivity index (χ1v) is 9.66. The lowest BCUT2D eigenvalue weighted by atomic mass is 10.1. The van der Waals surface area contributed by atoms with Crippen molar-refractivity contribution >= 4 is 23.3 Å². The number of carbonyl (C=O) groups excluding carboxylic acids is 2. The van der Waals surface area contributed by atoms with Crippen LogP contribution in [0.15, 0.2) is 42.5 Å². The number of hydrogen-bond acceptors (Lipinski definition) is 5. The van der Waals surface area contributed by atoms with E-state index in [1.54, 1.807) is 22.9 Å². The summed E-state index contributed by atoms with van der Waals surface area (Å²) in [5, 5.41) is 10.4. The molecule has 1 atom stereocenters. The van der Waals surface area contributed by atoms with Crippen LogP contribution < -0.4 is 20.1 Å². The Morgan fingerprint density at radius 3 is 2.70 bits per heavy atom. The SMILES string of the molecule is Cc1ccc(-c2nn3c(c2C)NC(=O)C[C@@H]3C(=O)Nc2ccc3c(c2)OCO3)cc1. The van der Waals surface area contributed by atoms with Crippen molar-refractivity contribution in [1.82, 2.24) is 9.78 Å². The first-order chi connectivity index (χ1) is 14.5. The average Bonchev–Trinajstić information content (AvgIpc) is 3.32. The molecule has 30 heavy (non-hydrogen) atoms. The van der Waals surface area contributed by atoms with E-state index in [2.05, 4.69) is 15.7 Å². The summed E-state index contributed by atoms with van der Waals surface area (Å²) < 4.78 is 12.3. The Hall–Kier alpha value is -3.81. The van der Waals surface area contributed by atoms with Crippen LogP contribution >= 0.6 is 0 Å². The molecular weight excluding hydrogens is 384 g/mol. The first kappa shape index (κ1) is 18.2. The smallest absolute Gasteiger partial charge is 0.249 e. The van der Waals surface area contributed by atoms with Crippen molar-refractivity contribution in [2.24, 2.45) is 0 Å². The van der Waals surface area contributed by atoms with Crippen LogP contribution in [0, 0.1) is 13.8 Å². The second-order valence-electron chi connectivity index (χ2n) is 7.46. The zero-order chi connectivity index (χ0) is 20.8. The minimum absolute atomic E-state index is 0.0117. The van der Waals surface area contributed by atoms with Gasteiger partial charge in [-0.1, -0.05) is 29.8 Å². The molecule has 8 heteroatoms. The standard InChI is InChI=1S/C22H20N4O4/c1-12-3-5-14(6-4-12)20-13(2)21-24-19(27)10-16(26(21)25-20)22(28)23-15-7-8-17-18(9-15)30-11-29-17/h3-9,16H,10-11H2,1-2H3,(H,23,28)(H,24,27)/t16-/m1/s1. The predicted molar refractivity (Wildman–Crippen MR) is 111 cm³/mol. The predicted octanol–water partition coefficient (Wildman–Crippen LogP) is 3.42. The maximum Gasteiger partial charge on any atom is 0.249 e. The number of nitrogens with zero attached hydrogens (tertiary/aromatic N) is 2. The molecule has 0 bridgehead atoms. The van der Waals surface area contributed by atoms with Crippen LogP contribution in [0.2, 0.25) is 0 Å². The van der Waals surface area contributed by atoms with Crippen molar-refractivity contribution in [3.8, 4) is 22.8 Å². The number of carbonyl (C=O) groups is 2. The maximum absolute atomic E-state index is 13.1. The Labute approximate surface area is 172 Å². The first-order valence-electron chi connectivity index (χ1n) is 9.66. The summed E-state index contributed by atoms with van der Waals surface area (Å²) in [5.41, 5.74) is 4.22. The van der Waals surface area contributed by atoms with E-state index in [0.717, 1.165) is 22.4 Å². The van der Waals surface area contributed by atoms with E-state index >= 15 is 0 Å². The molecule has 0 saturated heterocycles. The Morgan fingerprint density at radius 1 is 1.13 bits per heavy atom. The number of amides is 2. The van der Waals surface area contributed by atoms with Gasteiger partial charge in [0.05, 0.1) is 12.1 Å². The van der Waals surface area contributed by atoms with Gasteiger partial charge in [-0.05, 0) is 26.0 Å². The monoisotopic (exact) mass is 404 g/mol. The molecular formula is C22H20N4O4. The molecule has 2 N–H and O–H groups in total. The highest BCUT2D eigenvalue weighted by Crippen LogP contribution is 2.36. The third-order valence-electron chi connectivity index (χ3n) is 5.35. The van der Waals surface area contributed by atoms with Gasteiger partial charge in [-0.3, -0.25) is 9.59 Å². The summed E-state index contributed by atoms with van der Waals surface area (Å²) in [6, 6.07) is 12.4. The van der Waals surface area contributed by atoms with E-state index in [-0.39, 0.29) is 25.0 Å². The van der Waals surface area contributed by atoms with Crippen molar-refractivity contribution in [3.63, 3.8) is 0 Å². The van der Waals surface area contributed by atoms with Gasteiger partial charge in [-0.2, -0.15) is 5.10 Å². The fraction of sp³-hybridized carbons (Fsp3) is 0.227. The third-order valence-corrected chi connectivity index (χ3v) is 5.35. The minimum atomic E-state index is -0.753. The Kier molecular flexibility index (Phi) is 4.20. The van der Waals surface area contributed by atoms with Crippen molar-refractivity contribution in [1.29, 1.82) is 0 Å². The molecule has 0 unspecified atom stereocenters. The molecule has 2 amide bonds. The molecule has 152 valence electrons. The average molecular weight is 404 g/mol. The van der Waals surface area contributed by atoms with Crippen molar-refractivity contribution in [3.05, 3.63) is 53.6 Å². The molecule has 3 aromatic rings. The van der Waals surface area contributed by atoms with Crippen LogP contribution in [0.4, 0.5) is 11.5 Å². The second-order valence-corrected chi connectivity index (χ2v) is 7.46. The molecule has 1 aromatic heterocycles. The number of aromatic nitrogens is 2. The van der Waals surface area contributed by atoms with Gasteiger partial charge in [0.15, 0.2) is 11.5 Å². The summed E-state index contributed by atoms with van der Waals surface area (Å²) in [5.74, 6) is 1.23. The Bertz CT molecular complexity index is 1170. The number of ether oxygens (including phenoxy) is 2. The van der Waals surface area contributed by atoms with Crippen LogP contribution in [-0.4, -0.2) is 28.4 Å². The molecule has 3 heterocycles. The van der Waals surface area contributed by atoms with E-state index in [0.29, 0.717) is 23.0 Å². The zero-order valence-corrected chi connectivity index (χ0v) is 16.6. The summed E-state index contributed by atoms with van der Waals surface area (Å²) in [4.78, 5) is 25.4. The summed E-state index contributed by atoms with van der Waals surface area (Å²) in [6.45, 7) is 4.07. The van der Waals surface area contributed by atoms with Gasteiger partial charge in [0.1, 0.15) is 11.9 Å². The van der Waals surface area contributed by atoms with Gasteiger partial charge in [0.25, 0.3) is 0 Å². The lowest BCUT2D eigenvalue weighted by Gasteiger charge is -2.24. The number of rotatable bonds is 3. The zero-order valence-electron chi connectivity index (χ0n) is 16.6. The van der Waals surface area contributed by atoms with Gasteiger partial charge >= 0.3 is 0 Å². The molecule has 2 aliphatic heterocycles. The van der Waals surface area contributed by atoms with Gasteiger partial charge in [0, 0.05) is 22.9 Å². The second kappa shape index (κ2) is 6.91. The van der Waals surface area contributed by atoms with E-state index in [1.165, 1.54) is 0 Å². The normalized spacial score (nSPS) is 16.7. The van der Waals surface area contributed by atoms with E-state index in [1.807, 2.05) is 38.1 Å². The number of aryl methyl sites for hydroxylation is 1. The van der Waals surface area contributed by atoms with Gasteiger partial charge < -0.3 is 20.1 Å². The summed E-state index contributed by atoms with van der Waals surface area (Å²) in [6.07, 6.45) is 0.0117. The molecule has 0 saturated carbocycles. The largest absolute Gasteiger partial charge is 0.454 e. The lowest BCUT2D eigenvalue weighted by Crippen LogP contribution is -2.35. The number of fused-ring (bicyclic) bond motifs is 2. The number of benzene rings is 2. The van der Waals surface area contributed by atoms with Crippen LogP contribution in [0.25, 0.3) is 11.3 Å². The molecule has 2 aliphatic rings. The fourth-order valence-corrected chi connectivity index (χ4v) is 3.73. The van der Waals surface area contributed by atoms with Crippen molar-refractivity contribution in [2.45, 2.75) is 26.3 Å². The summed E-state index contributed by atoms with van der Waals surface area (Å²) >= 11 is 0. The highest BCUT2D eigenvalue weighted by atomic mass is 16.7. The molecule has 5 rings (SSSR count). The van der Waals surface area contributed by atoms with Crippen molar-refractivity contribution in [2.75, 3.05) is 17.4 Å².